The van der Waals surface area contributed by atoms with Crippen molar-refractivity contribution in [3.63, 3.8) is 0 Å². The summed E-state index contributed by atoms with van der Waals surface area (Å²) in [4.78, 5) is 0. The molecule has 0 aromatic rings. The van der Waals surface area contributed by atoms with E-state index in [1.54, 1.807) is 0 Å². The Kier molecular flexibility index (Phi) is 7.20. The molecule has 0 aromatic heterocycles. The summed E-state index contributed by atoms with van der Waals surface area (Å²) in [7, 11) is 1.89. The third kappa shape index (κ3) is 6.39. The minimum atomic E-state index is -0.539. The molecule has 2 unspecified atom stereocenters. The molecule has 0 aliphatic rings. The summed E-state index contributed by atoms with van der Waals surface area (Å²) >= 11 is 0. The number of nitrogens with one attached hydrogen (secondary N) is 1. The largest absolute Gasteiger partial charge is 0.389 e. The maximum atomic E-state index is 10.1. The molecule has 0 aliphatic carbocycles. The number of rotatable bonds is 8. The van der Waals surface area contributed by atoms with Crippen LogP contribution in [0.4, 0.5) is 0 Å². The van der Waals surface area contributed by atoms with Gasteiger partial charge in [0.1, 0.15) is 0 Å². The maximum absolute atomic E-state index is 10.1. The van der Waals surface area contributed by atoms with Crippen LogP contribution >= 0.6 is 0 Å². The van der Waals surface area contributed by atoms with Crippen molar-refractivity contribution in [2.24, 2.45) is 5.92 Å². The van der Waals surface area contributed by atoms with Gasteiger partial charge in [0, 0.05) is 6.54 Å². The van der Waals surface area contributed by atoms with E-state index in [4.69, 9.17) is 0 Å². The van der Waals surface area contributed by atoms with Gasteiger partial charge in [-0.3, -0.25) is 0 Å². The summed E-state index contributed by atoms with van der Waals surface area (Å²) in [5.74, 6) is 0.679. The lowest BCUT2D eigenvalue weighted by molar-refractivity contribution is 0.0333. The molecule has 0 amide bonds. The molecule has 0 aliphatic heterocycles. The molecule has 0 saturated heterocycles. The van der Waals surface area contributed by atoms with Crippen LogP contribution in [0.5, 0.6) is 0 Å². The third-order valence-corrected chi connectivity index (χ3v) is 2.83. The highest BCUT2D eigenvalue weighted by Crippen LogP contribution is 2.23. The summed E-state index contributed by atoms with van der Waals surface area (Å²) in [6.45, 7) is 7.06. The zero-order chi connectivity index (χ0) is 11.0. The second kappa shape index (κ2) is 7.24. The second-order valence-electron chi connectivity index (χ2n) is 4.65. The Labute approximate surface area is 89.1 Å². The number of aliphatic hydroxyl groups is 1. The molecule has 2 heteroatoms. The first-order valence-electron chi connectivity index (χ1n) is 5.92. The molecular formula is C12H27NO. The highest BCUT2D eigenvalue weighted by molar-refractivity contribution is 4.78. The Morgan fingerprint density at radius 2 is 2.00 bits per heavy atom. The normalized spacial score (nSPS) is 17.8. The third-order valence-electron chi connectivity index (χ3n) is 2.83. The van der Waals surface area contributed by atoms with Crippen molar-refractivity contribution in [3.8, 4) is 0 Å². The van der Waals surface area contributed by atoms with Crippen LogP contribution in [0, 0.1) is 5.92 Å². The number of hydrogen-bond donors (Lipinski definition) is 2. The van der Waals surface area contributed by atoms with E-state index in [-0.39, 0.29) is 0 Å². The first-order valence-corrected chi connectivity index (χ1v) is 5.92. The fourth-order valence-electron chi connectivity index (χ4n) is 2.02. The Balaban J connectivity index is 3.89. The van der Waals surface area contributed by atoms with Crippen molar-refractivity contribution in [2.45, 2.75) is 58.5 Å². The van der Waals surface area contributed by atoms with E-state index >= 15 is 0 Å². The Morgan fingerprint density at radius 3 is 2.43 bits per heavy atom. The van der Waals surface area contributed by atoms with Crippen LogP contribution in [0.3, 0.4) is 0 Å². The summed E-state index contributed by atoms with van der Waals surface area (Å²) in [6.07, 6.45) is 5.90. The highest BCUT2D eigenvalue weighted by atomic mass is 16.3. The fourth-order valence-corrected chi connectivity index (χ4v) is 2.02. The van der Waals surface area contributed by atoms with Gasteiger partial charge in [-0.15, -0.1) is 0 Å². The van der Waals surface area contributed by atoms with Gasteiger partial charge in [0.25, 0.3) is 0 Å². The smallest absolute Gasteiger partial charge is 0.0746 e. The molecule has 14 heavy (non-hydrogen) atoms. The van der Waals surface area contributed by atoms with Crippen LogP contribution in [0.15, 0.2) is 0 Å². The van der Waals surface area contributed by atoms with Gasteiger partial charge < -0.3 is 10.4 Å². The average Bonchev–Trinajstić information content (AvgIpc) is 2.12. The van der Waals surface area contributed by atoms with Crippen LogP contribution in [0.25, 0.3) is 0 Å². The zero-order valence-corrected chi connectivity index (χ0v) is 10.3. The molecule has 0 aromatic carbocycles. The van der Waals surface area contributed by atoms with E-state index in [0.717, 1.165) is 6.42 Å². The molecule has 0 saturated carbocycles. The molecule has 0 rings (SSSR count). The van der Waals surface area contributed by atoms with E-state index in [1.165, 1.54) is 25.7 Å². The van der Waals surface area contributed by atoms with Crippen LogP contribution in [0.2, 0.25) is 0 Å². The molecule has 0 bridgehead atoms. The van der Waals surface area contributed by atoms with Crippen molar-refractivity contribution in [3.05, 3.63) is 0 Å². The highest BCUT2D eigenvalue weighted by Gasteiger charge is 2.23. The Morgan fingerprint density at radius 1 is 1.36 bits per heavy atom. The predicted octanol–water partition coefficient (Wildman–Crippen LogP) is 2.56. The number of likely N-dealkylation sites (N-methyl/N-ethyl adjacent to an activating group) is 1. The van der Waals surface area contributed by atoms with Gasteiger partial charge in [-0.25, -0.2) is 0 Å². The summed E-state index contributed by atoms with van der Waals surface area (Å²) < 4.78 is 0. The van der Waals surface area contributed by atoms with Gasteiger partial charge in [0.15, 0.2) is 0 Å². The van der Waals surface area contributed by atoms with Crippen molar-refractivity contribution in [1.82, 2.24) is 5.32 Å². The Bertz CT molecular complexity index is 134. The van der Waals surface area contributed by atoms with E-state index in [2.05, 4.69) is 19.2 Å². The molecular weight excluding hydrogens is 174 g/mol. The molecule has 2 atom stereocenters. The zero-order valence-electron chi connectivity index (χ0n) is 10.3. The number of hydrogen-bond acceptors (Lipinski definition) is 2. The molecule has 0 radical (unpaired) electrons. The van der Waals surface area contributed by atoms with Gasteiger partial charge in [-0.2, -0.15) is 0 Å². The van der Waals surface area contributed by atoms with E-state index in [0.29, 0.717) is 12.5 Å². The van der Waals surface area contributed by atoms with Crippen molar-refractivity contribution < 1.29 is 5.11 Å². The molecule has 0 heterocycles. The van der Waals surface area contributed by atoms with E-state index in [1.807, 2.05) is 14.0 Å². The summed E-state index contributed by atoms with van der Waals surface area (Å²) in [6, 6.07) is 0. The van der Waals surface area contributed by atoms with Gasteiger partial charge >= 0.3 is 0 Å². The number of unbranched alkanes of at least 4 members (excludes halogenated alkanes) is 1. The predicted molar refractivity (Wildman–Crippen MR) is 62.5 cm³/mol. The van der Waals surface area contributed by atoms with Gasteiger partial charge in [-0.1, -0.05) is 39.5 Å². The SMILES string of the molecule is CCCCC(CC)CC(C)(O)CNC. The Hall–Kier alpha value is -0.0800. The van der Waals surface area contributed by atoms with Gasteiger partial charge in [0.2, 0.25) is 0 Å². The van der Waals surface area contributed by atoms with Crippen LogP contribution in [-0.4, -0.2) is 24.3 Å². The lowest BCUT2D eigenvalue weighted by atomic mass is 9.87. The summed E-state index contributed by atoms with van der Waals surface area (Å²) in [5.41, 5.74) is -0.539. The molecule has 2 N–H and O–H groups in total. The average molecular weight is 201 g/mol. The van der Waals surface area contributed by atoms with Crippen LogP contribution < -0.4 is 5.32 Å². The van der Waals surface area contributed by atoms with Crippen molar-refractivity contribution >= 4 is 0 Å². The minimum absolute atomic E-state index is 0.539. The molecule has 2 nitrogen and oxygen atoms in total. The quantitative estimate of drug-likeness (QED) is 0.632. The lowest BCUT2D eigenvalue weighted by Gasteiger charge is -2.27. The van der Waals surface area contributed by atoms with Gasteiger partial charge in [0.05, 0.1) is 5.60 Å². The first kappa shape index (κ1) is 13.9. The van der Waals surface area contributed by atoms with Crippen LogP contribution in [-0.2, 0) is 0 Å². The second-order valence-corrected chi connectivity index (χ2v) is 4.65. The molecule has 0 fully saturated rings. The van der Waals surface area contributed by atoms with Crippen LogP contribution in [0.1, 0.15) is 52.9 Å². The minimum Gasteiger partial charge on any atom is -0.389 e. The van der Waals surface area contributed by atoms with Gasteiger partial charge in [-0.05, 0) is 26.3 Å². The maximum Gasteiger partial charge on any atom is 0.0746 e. The van der Waals surface area contributed by atoms with E-state index in [9.17, 15) is 5.11 Å². The lowest BCUT2D eigenvalue weighted by Crippen LogP contribution is -2.38. The standard InChI is InChI=1S/C12H27NO/c1-5-7-8-11(6-2)9-12(3,14)10-13-4/h11,13-14H,5-10H2,1-4H3. The topological polar surface area (TPSA) is 32.3 Å². The monoisotopic (exact) mass is 201 g/mol. The molecule has 86 valence electrons. The fraction of sp³-hybridized carbons (Fsp3) is 1.00. The molecule has 0 spiro atoms. The first-order chi connectivity index (χ1) is 6.55. The van der Waals surface area contributed by atoms with Crippen molar-refractivity contribution in [1.29, 1.82) is 0 Å². The van der Waals surface area contributed by atoms with Crippen molar-refractivity contribution in [2.75, 3.05) is 13.6 Å². The van der Waals surface area contributed by atoms with E-state index < -0.39 is 5.60 Å². The summed E-state index contributed by atoms with van der Waals surface area (Å²) in [5, 5.41) is 13.1.